The molecule has 160 valence electrons. The average molecular weight is 424 g/mol. The van der Waals surface area contributed by atoms with E-state index in [1.807, 2.05) is 35.3 Å². The third-order valence-corrected chi connectivity index (χ3v) is 5.67. The van der Waals surface area contributed by atoms with E-state index >= 15 is 0 Å². The molecule has 3 heterocycles. The van der Waals surface area contributed by atoms with Gasteiger partial charge in [-0.3, -0.25) is 9.67 Å². The van der Waals surface area contributed by atoms with Gasteiger partial charge in [-0.15, -0.1) is 0 Å². The van der Waals surface area contributed by atoms with Crippen LogP contribution < -0.4 is 4.74 Å². The van der Waals surface area contributed by atoms with Gasteiger partial charge < -0.3 is 4.74 Å². The fraction of sp³-hybridized carbons (Fsp3) is 0.231. The number of methoxy groups -OCH3 is 1. The molecule has 1 aliphatic rings. The zero-order valence-electron chi connectivity index (χ0n) is 18.5. The fourth-order valence-corrected chi connectivity index (χ4v) is 3.97. The van der Waals surface area contributed by atoms with Crippen LogP contribution in [0.3, 0.4) is 0 Å². The molecule has 4 aromatic rings. The molecule has 0 N–H and O–H groups in total. The molecule has 0 aliphatic heterocycles. The molecule has 0 unspecified atom stereocenters. The number of nitrogens with zero attached hydrogens (tertiary/aromatic N) is 5. The molecule has 0 saturated heterocycles. The molecule has 6 nitrogen and oxygen atoms in total. The van der Waals surface area contributed by atoms with Gasteiger partial charge in [0, 0.05) is 53.5 Å². The number of pyridine rings is 1. The van der Waals surface area contributed by atoms with Crippen molar-refractivity contribution in [2.24, 2.45) is 0 Å². The standard InChI is InChI=1S/C26H25N5O/c1-17(2)31-16-20(15-28-31)19-12-23-22(9-10-24(23)27-14-19)25-13-21(29-26(30-25)32-3)11-18-7-5-4-6-8-18/h4-9,12-17H,10-11H2,1-3H3. The molecule has 6 heteroatoms. The van der Waals surface area contributed by atoms with Crippen LogP contribution in [0.15, 0.2) is 67.1 Å². The predicted octanol–water partition coefficient (Wildman–Crippen LogP) is 4.90. The summed E-state index contributed by atoms with van der Waals surface area (Å²) < 4.78 is 7.39. The summed E-state index contributed by atoms with van der Waals surface area (Å²) in [5, 5.41) is 4.47. The Morgan fingerprint density at radius 2 is 1.88 bits per heavy atom. The van der Waals surface area contributed by atoms with Gasteiger partial charge in [0.2, 0.25) is 0 Å². The van der Waals surface area contributed by atoms with E-state index in [4.69, 9.17) is 9.72 Å². The van der Waals surface area contributed by atoms with Crippen LogP contribution in [0.2, 0.25) is 0 Å². The average Bonchev–Trinajstić information content (AvgIpc) is 3.47. The lowest BCUT2D eigenvalue weighted by Gasteiger charge is -2.10. The van der Waals surface area contributed by atoms with E-state index in [1.165, 1.54) is 5.56 Å². The smallest absolute Gasteiger partial charge is 0.316 e. The highest BCUT2D eigenvalue weighted by Crippen LogP contribution is 2.34. The number of hydrogen-bond acceptors (Lipinski definition) is 5. The molecule has 0 bridgehead atoms. The topological polar surface area (TPSA) is 65.7 Å². The minimum atomic E-state index is 0.318. The lowest BCUT2D eigenvalue weighted by molar-refractivity contribution is 0.378. The summed E-state index contributed by atoms with van der Waals surface area (Å²) in [6.07, 6.45) is 9.59. The van der Waals surface area contributed by atoms with Crippen molar-refractivity contribution in [2.45, 2.75) is 32.7 Å². The summed E-state index contributed by atoms with van der Waals surface area (Å²) >= 11 is 0. The van der Waals surface area contributed by atoms with Gasteiger partial charge in [-0.05, 0) is 31.5 Å². The Morgan fingerprint density at radius 1 is 1.03 bits per heavy atom. The molecule has 32 heavy (non-hydrogen) atoms. The summed E-state index contributed by atoms with van der Waals surface area (Å²) in [5.74, 6) is 0. The van der Waals surface area contributed by atoms with Crippen LogP contribution in [0, 0.1) is 0 Å². The summed E-state index contributed by atoms with van der Waals surface area (Å²) in [4.78, 5) is 14.0. The third-order valence-electron chi connectivity index (χ3n) is 5.67. The highest BCUT2D eigenvalue weighted by atomic mass is 16.5. The normalized spacial score (nSPS) is 12.7. The van der Waals surface area contributed by atoms with Gasteiger partial charge in [-0.1, -0.05) is 36.4 Å². The predicted molar refractivity (Wildman–Crippen MR) is 124 cm³/mol. The molecular formula is C26H25N5O. The van der Waals surface area contributed by atoms with Crippen LogP contribution in [-0.2, 0) is 12.8 Å². The minimum Gasteiger partial charge on any atom is -0.467 e. The van der Waals surface area contributed by atoms with E-state index in [1.54, 1.807) is 7.11 Å². The zero-order chi connectivity index (χ0) is 22.1. The van der Waals surface area contributed by atoms with Crippen LogP contribution in [0.1, 0.15) is 48.1 Å². The minimum absolute atomic E-state index is 0.318. The van der Waals surface area contributed by atoms with E-state index in [9.17, 15) is 0 Å². The molecule has 0 atom stereocenters. The maximum Gasteiger partial charge on any atom is 0.316 e. The zero-order valence-corrected chi connectivity index (χ0v) is 18.5. The van der Waals surface area contributed by atoms with Crippen molar-refractivity contribution in [1.29, 1.82) is 0 Å². The van der Waals surface area contributed by atoms with E-state index in [-0.39, 0.29) is 0 Å². The van der Waals surface area contributed by atoms with Crippen molar-refractivity contribution in [3.8, 4) is 17.1 Å². The molecule has 1 aliphatic carbocycles. The van der Waals surface area contributed by atoms with Gasteiger partial charge in [0.25, 0.3) is 0 Å². The highest BCUT2D eigenvalue weighted by molar-refractivity contribution is 5.84. The Balaban J connectivity index is 1.51. The number of allylic oxidation sites excluding steroid dienone is 1. The van der Waals surface area contributed by atoms with E-state index in [0.717, 1.165) is 52.2 Å². The van der Waals surface area contributed by atoms with Crippen LogP contribution in [0.4, 0.5) is 0 Å². The summed E-state index contributed by atoms with van der Waals surface area (Å²) in [5.41, 5.74) is 8.33. The molecule has 0 saturated carbocycles. The number of fused-ring (bicyclic) bond motifs is 1. The third kappa shape index (κ3) is 3.91. The van der Waals surface area contributed by atoms with Crippen LogP contribution in [-0.4, -0.2) is 31.8 Å². The fourth-order valence-electron chi connectivity index (χ4n) is 3.97. The molecule has 0 spiro atoms. The van der Waals surface area contributed by atoms with Crippen molar-refractivity contribution < 1.29 is 4.74 Å². The first-order chi connectivity index (χ1) is 15.6. The monoisotopic (exact) mass is 423 g/mol. The first-order valence-corrected chi connectivity index (χ1v) is 10.8. The Bertz CT molecular complexity index is 1290. The Kier molecular flexibility index (Phi) is 5.27. The molecule has 3 aromatic heterocycles. The quantitative estimate of drug-likeness (QED) is 0.441. The molecular weight excluding hydrogens is 398 g/mol. The maximum absolute atomic E-state index is 5.42. The Hall–Kier alpha value is -3.80. The number of ether oxygens (including phenoxy) is 1. The van der Waals surface area contributed by atoms with E-state index < -0.39 is 0 Å². The lowest BCUT2D eigenvalue weighted by Crippen LogP contribution is -2.02. The second-order valence-electron chi connectivity index (χ2n) is 8.24. The SMILES string of the molecule is COc1nc(Cc2ccccc2)cc(C2=CCc3ncc(-c4cnn(C(C)C)c4)cc32)n1. The maximum atomic E-state index is 5.42. The lowest BCUT2D eigenvalue weighted by atomic mass is 10.0. The van der Waals surface area contributed by atoms with E-state index in [0.29, 0.717) is 12.1 Å². The molecule has 0 amide bonds. The second kappa shape index (κ2) is 8.38. The number of aromatic nitrogens is 5. The van der Waals surface area contributed by atoms with Gasteiger partial charge in [0.15, 0.2) is 0 Å². The van der Waals surface area contributed by atoms with Gasteiger partial charge in [-0.25, -0.2) is 0 Å². The summed E-state index contributed by atoms with van der Waals surface area (Å²) in [7, 11) is 1.61. The highest BCUT2D eigenvalue weighted by Gasteiger charge is 2.21. The van der Waals surface area contributed by atoms with Crippen LogP contribution in [0.5, 0.6) is 6.01 Å². The first kappa shape index (κ1) is 20.1. The molecule has 0 radical (unpaired) electrons. The van der Waals surface area contributed by atoms with Crippen molar-refractivity contribution >= 4 is 5.57 Å². The molecule has 5 rings (SSSR count). The Labute approximate surface area is 187 Å². The van der Waals surface area contributed by atoms with Gasteiger partial charge in [0.1, 0.15) is 0 Å². The summed E-state index contributed by atoms with van der Waals surface area (Å²) in [6, 6.07) is 15.2. The van der Waals surface area contributed by atoms with Crippen LogP contribution in [0.25, 0.3) is 16.7 Å². The van der Waals surface area contributed by atoms with Crippen molar-refractivity contribution in [3.63, 3.8) is 0 Å². The first-order valence-electron chi connectivity index (χ1n) is 10.8. The Morgan fingerprint density at radius 3 is 2.62 bits per heavy atom. The number of hydrogen-bond donors (Lipinski definition) is 0. The van der Waals surface area contributed by atoms with Gasteiger partial charge in [0.05, 0.1) is 30.4 Å². The second-order valence-corrected chi connectivity index (χ2v) is 8.24. The van der Waals surface area contributed by atoms with Crippen molar-refractivity contribution in [1.82, 2.24) is 24.7 Å². The number of rotatable bonds is 6. The van der Waals surface area contributed by atoms with Crippen LogP contribution >= 0.6 is 0 Å². The van der Waals surface area contributed by atoms with Crippen molar-refractivity contribution in [2.75, 3.05) is 7.11 Å². The largest absolute Gasteiger partial charge is 0.467 e. The molecule has 0 fully saturated rings. The number of benzene rings is 1. The van der Waals surface area contributed by atoms with Crippen molar-refractivity contribution in [3.05, 3.63) is 95.3 Å². The molecule has 1 aromatic carbocycles. The van der Waals surface area contributed by atoms with E-state index in [2.05, 4.69) is 65.5 Å². The van der Waals surface area contributed by atoms with Gasteiger partial charge >= 0.3 is 6.01 Å². The summed E-state index contributed by atoms with van der Waals surface area (Å²) in [6.45, 7) is 4.24. The van der Waals surface area contributed by atoms with Gasteiger partial charge in [-0.2, -0.15) is 15.1 Å².